The fraction of sp³-hybridized carbons (Fsp3) is 0.214. The summed E-state index contributed by atoms with van der Waals surface area (Å²) in [5, 5.41) is 3.10. The van der Waals surface area contributed by atoms with Gasteiger partial charge in [-0.25, -0.2) is 0 Å². The summed E-state index contributed by atoms with van der Waals surface area (Å²) in [6.45, 7) is 0.786. The van der Waals surface area contributed by atoms with Crippen LogP contribution in [0, 0.1) is 0 Å². The Hall–Kier alpha value is -1.52. The van der Waals surface area contributed by atoms with E-state index in [9.17, 15) is 0 Å². The molecule has 0 spiro atoms. The molecule has 0 radical (unpaired) electrons. The number of aromatic nitrogens is 1. The molecule has 0 unspecified atom stereocenters. The van der Waals surface area contributed by atoms with Gasteiger partial charge >= 0.3 is 0 Å². The van der Waals surface area contributed by atoms with E-state index in [-0.39, 0.29) is 0 Å². The summed E-state index contributed by atoms with van der Waals surface area (Å²) < 4.78 is 5.88. The van der Waals surface area contributed by atoms with Crippen LogP contribution in [-0.4, -0.2) is 18.3 Å². The van der Waals surface area contributed by atoms with E-state index in [4.69, 9.17) is 4.74 Å². The molecule has 3 nitrogen and oxygen atoms in total. The van der Waals surface area contributed by atoms with Crippen molar-refractivity contribution in [1.29, 1.82) is 0 Å². The fourth-order valence-corrected chi connectivity index (χ4v) is 2.18. The second-order valence-electron chi connectivity index (χ2n) is 3.81. The number of thioether (sulfide) groups is 1. The molecular formula is C14H16N2OS. The SMILES string of the molecule is CNCc1cncc(Oc2ccccc2SC)c1. The van der Waals surface area contributed by atoms with Crippen LogP contribution in [0.5, 0.6) is 11.5 Å². The van der Waals surface area contributed by atoms with E-state index in [0.29, 0.717) is 0 Å². The van der Waals surface area contributed by atoms with Crippen LogP contribution in [0.15, 0.2) is 47.6 Å². The van der Waals surface area contributed by atoms with Crippen LogP contribution in [0.4, 0.5) is 0 Å². The maximum Gasteiger partial charge on any atom is 0.146 e. The Labute approximate surface area is 112 Å². The molecule has 4 heteroatoms. The molecule has 1 N–H and O–H groups in total. The van der Waals surface area contributed by atoms with Crippen LogP contribution >= 0.6 is 11.8 Å². The first-order valence-electron chi connectivity index (χ1n) is 5.73. The fourth-order valence-electron chi connectivity index (χ4n) is 1.65. The first-order chi connectivity index (χ1) is 8.83. The van der Waals surface area contributed by atoms with Crippen molar-refractivity contribution in [2.45, 2.75) is 11.4 Å². The number of ether oxygens (including phenoxy) is 1. The zero-order valence-corrected chi connectivity index (χ0v) is 11.3. The Kier molecular flexibility index (Phi) is 4.61. The summed E-state index contributed by atoms with van der Waals surface area (Å²) in [4.78, 5) is 5.30. The predicted octanol–water partition coefficient (Wildman–Crippen LogP) is 3.32. The van der Waals surface area contributed by atoms with Gasteiger partial charge in [0.05, 0.1) is 6.20 Å². The Bertz CT molecular complexity index is 517. The summed E-state index contributed by atoms with van der Waals surface area (Å²) in [5.41, 5.74) is 1.11. The lowest BCUT2D eigenvalue weighted by atomic mass is 10.3. The minimum absolute atomic E-state index is 0.768. The molecule has 1 heterocycles. The number of benzene rings is 1. The van der Waals surface area contributed by atoms with Gasteiger partial charge in [0.1, 0.15) is 11.5 Å². The monoisotopic (exact) mass is 260 g/mol. The normalized spacial score (nSPS) is 10.3. The summed E-state index contributed by atoms with van der Waals surface area (Å²) >= 11 is 1.67. The van der Waals surface area contributed by atoms with E-state index in [1.54, 1.807) is 18.0 Å². The lowest BCUT2D eigenvalue weighted by Crippen LogP contribution is -2.05. The molecular weight excluding hydrogens is 244 g/mol. The van der Waals surface area contributed by atoms with E-state index in [0.717, 1.165) is 28.5 Å². The minimum atomic E-state index is 0.768. The minimum Gasteiger partial charge on any atom is -0.455 e. The molecule has 0 aliphatic carbocycles. The topological polar surface area (TPSA) is 34.2 Å². The van der Waals surface area contributed by atoms with Gasteiger partial charge in [-0.2, -0.15) is 0 Å². The third kappa shape index (κ3) is 3.24. The lowest BCUT2D eigenvalue weighted by molar-refractivity contribution is 0.468. The lowest BCUT2D eigenvalue weighted by Gasteiger charge is -2.10. The van der Waals surface area contributed by atoms with Crippen molar-refractivity contribution < 1.29 is 4.74 Å². The Morgan fingerprint density at radius 3 is 2.89 bits per heavy atom. The molecule has 0 amide bonds. The average Bonchev–Trinajstić information content (AvgIpc) is 2.40. The summed E-state index contributed by atoms with van der Waals surface area (Å²) in [6, 6.07) is 10.00. The smallest absolute Gasteiger partial charge is 0.146 e. The molecule has 0 fully saturated rings. The second-order valence-corrected chi connectivity index (χ2v) is 4.66. The van der Waals surface area contributed by atoms with E-state index in [1.165, 1.54) is 0 Å². The zero-order valence-electron chi connectivity index (χ0n) is 10.5. The largest absolute Gasteiger partial charge is 0.455 e. The maximum atomic E-state index is 5.88. The highest BCUT2D eigenvalue weighted by Gasteiger charge is 2.04. The van der Waals surface area contributed by atoms with E-state index in [2.05, 4.69) is 10.3 Å². The predicted molar refractivity (Wildman–Crippen MR) is 75.3 cm³/mol. The van der Waals surface area contributed by atoms with Gasteiger partial charge in [-0.15, -0.1) is 11.8 Å². The molecule has 1 aromatic carbocycles. The van der Waals surface area contributed by atoms with Gasteiger partial charge < -0.3 is 10.1 Å². The highest BCUT2D eigenvalue weighted by Crippen LogP contribution is 2.31. The third-order valence-electron chi connectivity index (χ3n) is 2.45. The van der Waals surface area contributed by atoms with E-state index >= 15 is 0 Å². The molecule has 18 heavy (non-hydrogen) atoms. The van der Waals surface area contributed by atoms with Crippen molar-refractivity contribution in [2.24, 2.45) is 0 Å². The first-order valence-corrected chi connectivity index (χ1v) is 6.95. The first kappa shape index (κ1) is 12.9. The second kappa shape index (κ2) is 6.42. The van der Waals surface area contributed by atoms with Crippen molar-refractivity contribution in [3.63, 3.8) is 0 Å². The van der Waals surface area contributed by atoms with Crippen molar-refractivity contribution in [3.8, 4) is 11.5 Å². The molecule has 2 aromatic rings. The number of nitrogens with zero attached hydrogens (tertiary/aromatic N) is 1. The number of para-hydroxylation sites is 1. The Morgan fingerprint density at radius 2 is 2.11 bits per heavy atom. The molecule has 0 atom stereocenters. The quantitative estimate of drug-likeness (QED) is 0.836. The molecule has 94 valence electrons. The van der Waals surface area contributed by atoms with Crippen molar-refractivity contribution in [2.75, 3.05) is 13.3 Å². The van der Waals surface area contributed by atoms with Crippen molar-refractivity contribution >= 4 is 11.8 Å². The van der Waals surface area contributed by atoms with Gasteiger partial charge in [-0.1, -0.05) is 12.1 Å². The number of nitrogens with one attached hydrogen (secondary N) is 1. The molecule has 0 saturated heterocycles. The van der Waals surface area contributed by atoms with Gasteiger partial charge in [-0.3, -0.25) is 4.98 Å². The van der Waals surface area contributed by atoms with Crippen LogP contribution in [0.1, 0.15) is 5.56 Å². The molecule has 0 aliphatic heterocycles. The van der Waals surface area contributed by atoms with E-state index in [1.807, 2.05) is 49.8 Å². The number of hydrogen-bond donors (Lipinski definition) is 1. The van der Waals surface area contributed by atoms with Gasteiger partial charge in [0.15, 0.2) is 0 Å². The standard InChI is InChI=1S/C14H16N2OS/c1-15-8-11-7-12(10-16-9-11)17-13-5-3-4-6-14(13)18-2/h3-7,9-10,15H,8H2,1-2H3. The highest BCUT2D eigenvalue weighted by atomic mass is 32.2. The zero-order chi connectivity index (χ0) is 12.8. The number of hydrogen-bond acceptors (Lipinski definition) is 4. The third-order valence-corrected chi connectivity index (χ3v) is 3.22. The maximum absolute atomic E-state index is 5.88. The molecule has 0 aliphatic rings. The summed E-state index contributed by atoms with van der Waals surface area (Å²) in [7, 11) is 1.91. The van der Waals surface area contributed by atoms with Gasteiger partial charge in [0, 0.05) is 17.6 Å². The van der Waals surface area contributed by atoms with Crippen LogP contribution < -0.4 is 10.1 Å². The van der Waals surface area contributed by atoms with Gasteiger partial charge in [0.2, 0.25) is 0 Å². The van der Waals surface area contributed by atoms with Gasteiger partial charge in [0.25, 0.3) is 0 Å². The Morgan fingerprint density at radius 1 is 1.28 bits per heavy atom. The van der Waals surface area contributed by atoms with Crippen molar-refractivity contribution in [3.05, 3.63) is 48.3 Å². The molecule has 1 aromatic heterocycles. The molecule has 2 rings (SSSR count). The Balaban J connectivity index is 2.20. The summed E-state index contributed by atoms with van der Waals surface area (Å²) in [5.74, 6) is 1.64. The average molecular weight is 260 g/mol. The number of pyridine rings is 1. The van der Waals surface area contributed by atoms with Crippen LogP contribution in [0.25, 0.3) is 0 Å². The van der Waals surface area contributed by atoms with E-state index < -0.39 is 0 Å². The molecule has 0 bridgehead atoms. The summed E-state index contributed by atoms with van der Waals surface area (Å²) in [6.07, 6.45) is 5.61. The number of rotatable bonds is 5. The van der Waals surface area contributed by atoms with Crippen LogP contribution in [-0.2, 0) is 6.54 Å². The van der Waals surface area contributed by atoms with Crippen molar-refractivity contribution in [1.82, 2.24) is 10.3 Å². The molecule has 0 saturated carbocycles. The van der Waals surface area contributed by atoms with Crippen LogP contribution in [0.2, 0.25) is 0 Å². The van der Waals surface area contributed by atoms with Gasteiger partial charge in [-0.05, 0) is 37.1 Å². The highest BCUT2D eigenvalue weighted by molar-refractivity contribution is 7.98. The van der Waals surface area contributed by atoms with Crippen LogP contribution in [0.3, 0.4) is 0 Å².